The van der Waals surface area contributed by atoms with Gasteiger partial charge in [-0.15, -0.1) is 0 Å². The van der Waals surface area contributed by atoms with Gasteiger partial charge in [0.25, 0.3) is 0 Å². The number of rotatable bonds is 5. The van der Waals surface area contributed by atoms with Crippen LogP contribution in [0.4, 0.5) is 0 Å². The molecule has 0 atom stereocenters. The van der Waals surface area contributed by atoms with E-state index in [0.717, 1.165) is 0 Å². The van der Waals surface area contributed by atoms with Crippen molar-refractivity contribution in [3.05, 3.63) is 0 Å². The number of nitrogens with zero attached hydrogens (tertiary/aromatic N) is 1. The van der Waals surface area contributed by atoms with Crippen LogP contribution in [0.1, 0.15) is 33.6 Å². The Kier molecular flexibility index (Phi) is 4.71. The fourth-order valence-corrected chi connectivity index (χ4v) is 2.17. The monoisotopic (exact) mass is 251 g/mol. The van der Waals surface area contributed by atoms with E-state index in [-0.39, 0.29) is 18.4 Å². The lowest BCUT2D eigenvalue weighted by atomic mass is 9.63. The third kappa shape index (κ3) is 3.46. The van der Waals surface area contributed by atoms with E-state index >= 15 is 0 Å². The zero-order valence-corrected chi connectivity index (χ0v) is 11.2. The average molecular weight is 251 g/mol. The molecular formula is C13H21N3O2. The third-order valence-electron chi connectivity index (χ3n) is 3.16. The van der Waals surface area contributed by atoms with Crippen LogP contribution in [0.25, 0.3) is 0 Å². The maximum atomic E-state index is 11.9. The van der Waals surface area contributed by atoms with Gasteiger partial charge in [0.05, 0.1) is 12.6 Å². The molecule has 0 aromatic heterocycles. The Balaban J connectivity index is 2.33. The summed E-state index contributed by atoms with van der Waals surface area (Å²) in [4.78, 5) is 23.3. The van der Waals surface area contributed by atoms with Crippen LogP contribution in [-0.2, 0) is 9.59 Å². The Morgan fingerprint density at radius 2 is 2.00 bits per heavy atom. The van der Waals surface area contributed by atoms with Crippen molar-refractivity contribution in [2.75, 3.05) is 13.1 Å². The second-order valence-corrected chi connectivity index (χ2v) is 5.59. The maximum Gasteiger partial charge on any atom is 0.240 e. The average Bonchev–Trinajstić information content (AvgIpc) is 2.28. The van der Waals surface area contributed by atoms with Gasteiger partial charge >= 0.3 is 0 Å². The first-order valence-corrected chi connectivity index (χ1v) is 6.36. The van der Waals surface area contributed by atoms with Crippen molar-refractivity contribution in [3.8, 4) is 6.07 Å². The van der Waals surface area contributed by atoms with Gasteiger partial charge in [0.15, 0.2) is 0 Å². The van der Waals surface area contributed by atoms with Crippen molar-refractivity contribution in [3.63, 3.8) is 0 Å². The van der Waals surface area contributed by atoms with E-state index in [9.17, 15) is 9.59 Å². The largest absolute Gasteiger partial charge is 0.354 e. The molecule has 1 saturated carbocycles. The molecule has 2 amide bonds. The van der Waals surface area contributed by atoms with E-state index in [1.165, 1.54) is 0 Å². The first-order valence-electron chi connectivity index (χ1n) is 6.36. The first-order chi connectivity index (χ1) is 8.39. The van der Waals surface area contributed by atoms with Crippen LogP contribution in [0, 0.1) is 28.6 Å². The fraction of sp³-hybridized carbons (Fsp3) is 0.769. The molecule has 5 heteroatoms. The molecule has 0 aliphatic heterocycles. The topological polar surface area (TPSA) is 82.0 Å². The highest BCUT2D eigenvalue weighted by atomic mass is 16.2. The molecule has 5 nitrogen and oxygen atoms in total. The summed E-state index contributed by atoms with van der Waals surface area (Å²) in [5.74, 6) is 0.257. The van der Waals surface area contributed by atoms with E-state index in [2.05, 4.69) is 16.7 Å². The molecule has 100 valence electrons. The van der Waals surface area contributed by atoms with Crippen molar-refractivity contribution in [1.29, 1.82) is 5.26 Å². The SMILES string of the molecule is CC(C)CNC(=O)CNC(=O)C1(C#N)CC(C)C1. The number of hydrogen-bond donors (Lipinski definition) is 2. The molecule has 0 spiro atoms. The quantitative estimate of drug-likeness (QED) is 0.758. The summed E-state index contributed by atoms with van der Waals surface area (Å²) in [6.45, 7) is 6.55. The zero-order chi connectivity index (χ0) is 13.8. The Morgan fingerprint density at radius 3 is 2.44 bits per heavy atom. The Labute approximate surface area is 108 Å². The fourth-order valence-electron chi connectivity index (χ4n) is 2.17. The summed E-state index contributed by atoms with van der Waals surface area (Å²) >= 11 is 0. The van der Waals surface area contributed by atoms with Crippen molar-refractivity contribution < 1.29 is 9.59 Å². The van der Waals surface area contributed by atoms with Crippen LogP contribution in [0.5, 0.6) is 0 Å². The highest BCUT2D eigenvalue weighted by molar-refractivity contribution is 5.90. The van der Waals surface area contributed by atoms with Crippen LogP contribution >= 0.6 is 0 Å². The maximum absolute atomic E-state index is 11.9. The summed E-state index contributed by atoms with van der Waals surface area (Å²) in [7, 11) is 0. The second-order valence-electron chi connectivity index (χ2n) is 5.59. The van der Waals surface area contributed by atoms with Crippen molar-refractivity contribution in [2.45, 2.75) is 33.6 Å². The highest BCUT2D eigenvalue weighted by Crippen LogP contribution is 2.44. The minimum absolute atomic E-state index is 0.0522. The molecule has 1 rings (SSSR count). The van der Waals surface area contributed by atoms with Gasteiger partial charge < -0.3 is 10.6 Å². The number of carbonyl (C=O) groups excluding carboxylic acids is 2. The van der Waals surface area contributed by atoms with Crippen LogP contribution in [-0.4, -0.2) is 24.9 Å². The van der Waals surface area contributed by atoms with E-state index in [4.69, 9.17) is 5.26 Å². The predicted octanol–water partition coefficient (Wildman–Crippen LogP) is 0.815. The molecule has 0 radical (unpaired) electrons. The lowest BCUT2D eigenvalue weighted by Crippen LogP contribution is -2.50. The molecule has 1 aliphatic carbocycles. The number of hydrogen-bond acceptors (Lipinski definition) is 3. The van der Waals surface area contributed by atoms with Gasteiger partial charge in [0.2, 0.25) is 11.8 Å². The molecule has 0 aromatic rings. The molecule has 2 N–H and O–H groups in total. The molecule has 0 bridgehead atoms. The minimum Gasteiger partial charge on any atom is -0.354 e. The third-order valence-corrected chi connectivity index (χ3v) is 3.16. The van der Waals surface area contributed by atoms with Gasteiger partial charge in [-0.2, -0.15) is 5.26 Å². The first kappa shape index (κ1) is 14.5. The standard InChI is InChI=1S/C13H21N3O2/c1-9(2)6-15-11(17)7-16-12(18)13(8-14)4-10(3)5-13/h9-10H,4-7H2,1-3H3,(H,15,17)(H,16,18). The molecular weight excluding hydrogens is 230 g/mol. The summed E-state index contributed by atoms with van der Waals surface area (Å²) in [5, 5.41) is 14.3. The van der Waals surface area contributed by atoms with Gasteiger partial charge in [0, 0.05) is 6.54 Å². The van der Waals surface area contributed by atoms with Gasteiger partial charge in [0.1, 0.15) is 5.41 Å². The molecule has 0 saturated heterocycles. The summed E-state index contributed by atoms with van der Waals surface area (Å²) in [5.41, 5.74) is -0.905. The molecule has 0 aromatic carbocycles. The van der Waals surface area contributed by atoms with Crippen molar-refractivity contribution >= 4 is 11.8 Å². The summed E-state index contributed by atoms with van der Waals surface area (Å²) < 4.78 is 0. The van der Waals surface area contributed by atoms with Crippen LogP contribution in [0.2, 0.25) is 0 Å². The highest BCUT2D eigenvalue weighted by Gasteiger charge is 2.48. The van der Waals surface area contributed by atoms with Gasteiger partial charge in [-0.3, -0.25) is 9.59 Å². The number of nitriles is 1. The molecule has 0 unspecified atom stereocenters. The Bertz CT molecular complexity index is 365. The Hall–Kier alpha value is -1.57. The minimum atomic E-state index is -0.905. The van der Waals surface area contributed by atoms with Crippen LogP contribution in [0.15, 0.2) is 0 Å². The molecule has 1 fully saturated rings. The lowest BCUT2D eigenvalue weighted by Gasteiger charge is -2.39. The van der Waals surface area contributed by atoms with Gasteiger partial charge in [-0.25, -0.2) is 0 Å². The molecule has 18 heavy (non-hydrogen) atoms. The second kappa shape index (κ2) is 5.85. The van der Waals surface area contributed by atoms with Gasteiger partial charge in [-0.05, 0) is 24.7 Å². The molecule has 1 aliphatic rings. The number of amides is 2. The normalized spacial score (nSPS) is 26.1. The lowest BCUT2D eigenvalue weighted by molar-refractivity contribution is -0.135. The van der Waals surface area contributed by atoms with E-state index < -0.39 is 5.41 Å². The van der Waals surface area contributed by atoms with Crippen molar-refractivity contribution in [1.82, 2.24) is 10.6 Å². The molecule has 0 heterocycles. The van der Waals surface area contributed by atoms with Crippen LogP contribution < -0.4 is 10.6 Å². The van der Waals surface area contributed by atoms with E-state index in [0.29, 0.717) is 31.2 Å². The van der Waals surface area contributed by atoms with Crippen molar-refractivity contribution in [2.24, 2.45) is 17.3 Å². The van der Waals surface area contributed by atoms with Crippen LogP contribution in [0.3, 0.4) is 0 Å². The summed E-state index contributed by atoms with van der Waals surface area (Å²) in [6, 6.07) is 2.08. The number of nitrogens with one attached hydrogen (secondary N) is 2. The van der Waals surface area contributed by atoms with Gasteiger partial charge in [-0.1, -0.05) is 20.8 Å². The predicted molar refractivity (Wildman–Crippen MR) is 67.3 cm³/mol. The zero-order valence-electron chi connectivity index (χ0n) is 11.2. The smallest absolute Gasteiger partial charge is 0.240 e. The Morgan fingerprint density at radius 1 is 1.39 bits per heavy atom. The summed E-state index contributed by atoms with van der Waals surface area (Å²) in [6.07, 6.45) is 1.17. The van der Waals surface area contributed by atoms with E-state index in [1.54, 1.807) is 0 Å². The van der Waals surface area contributed by atoms with E-state index in [1.807, 2.05) is 20.8 Å². The number of carbonyl (C=O) groups is 2.